The van der Waals surface area contributed by atoms with Crippen LogP contribution >= 0.6 is 0 Å². The maximum Gasteiger partial charge on any atom is 0.416 e. The lowest BCUT2D eigenvalue weighted by Gasteiger charge is -2.12. The predicted molar refractivity (Wildman–Crippen MR) is 115 cm³/mol. The zero-order chi connectivity index (χ0) is 23.8. The molecule has 0 bridgehead atoms. The molecule has 1 heterocycles. The van der Waals surface area contributed by atoms with Gasteiger partial charge in [0.05, 0.1) is 5.56 Å². The Morgan fingerprint density at radius 2 is 1.64 bits per heavy atom. The first-order valence-corrected chi connectivity index (χ1v) is 10.3. The van der Waals surface area contributed by atoms with E-state index in [0.717, 1.165) is 18.6 Å². The summed E-state index contributed by atoms with van der Waals surface area (Å²) < 4.78 is 43.6. The Hall–Kier alpha value is -3.60. The monoisotopic (exact) mass is 464 g/mol. The van der Waals surface area contributed by atoms with Crippen molar-refractivity contribution in [2.75, 3.05) is 30.3 Å². The van der Waals surface area contributed by atoms with E-state index in [9.17, 15) is 27.6 Å². The molecule has 0 saturated carbocycles. The largest absolute Gasteiger partial charge is 0.416 e. The standard InChI is InChI=1S/C22H23F3N4O4/c23-22(24,25)15-3-1-4-17(13-15)29-21(32)28-16-8-6-14(7-9-16)19(30)26-10-11-27-20(31)18-5-2-12-33-18/h1,3-4,6-9,13,18H,2,5,10-12H2,(H,26,30)(H,27,31)(H2,28,29,32). The molecule has 2 aromatic carbocycles. The normalized spacial score (nSPS) is 15.5. The molecule has 176 valence electrons. The number of amides is 4. The van der Waals surface area contributed by atoms with Crippen LogP contribution in [-0.2, 0) is 15.7 Å². The molecule has 0 aromatic heterocycles. The summed E-state index contributed by atoms with van der Waals surface area (Å²) in [5.74, 6) is -0.554. The first-order valence-electron chi connectivity index (χ1n) is 10.3. The Bertz CT molecular complexity index is 990. The molecule has 3 rings (SSSR count). The minimum Gasteiger partial charge on any atom is -0.368 e. The molecular weight excluding hydrogens is 441 g/mol. The number of anilines is 2. The van der Waals surface area contributed by atoms with E-state index in [1.807, 2.05) is 0 Å². The third-order valence-electron chi connectivity index (χ3n) is 4.78. The number of hydrogen-bond acceptors (Lipinski definition) is 4. The highest BCUT2D eigenvalue weighted by atomic mass is 19.4. The Balaban J connectivity index is 1.43. The zero-order valence-electron chi connectivity index (χ0n) is 17.5. The molecule has 0 spiro atoms. The molecule has 11 heteroatoms. The molecule has 1 saturated heterocycles. The number of urea groups is 1. The van der Waals surface area contributed by atoms with Crippen molar-refractivity contribution in [3.8, 4) is 0 Å². The summed E-state index contributed by atoms with van der Waals surface area (Å²) in [6.45, 7) is 1.07. The van der Waals surface area contributed by atoms with Crippen molar-refractivity contribution in [3.05, 3.63) is 59.7 Å². The van der Waals surface area contributed by atoms with Gasteiger partial charge in [-0.2, -0.15) is 13.2 Å². The summed E-state index contributed by atoms with van der Waals surface area (Å²) in [7, 11) is 0. The third-order valence-corrected chi connectivity index (χ3v) is 4.78. The van der Waals surface area contributed by atoms with Crippen LogP contribution in [0.25, 0.3) is 0 Å². The zero-order valence-corrected chi connectivity index (χ0v) is 17.5. The van der Waals surface area contributed by atoms with Crippen LogP contribution in [-0.4, -0.2) is 43.6 Å². The van der Waals surface area contributed by atoms with E-state index < -0.39 is 23.9 Å². The highest BCUT2D eigenvalue weighted by molar-refractivity contribution is 6.00. The van der Waals surface area contributed by atoms with Crippen LogP contribution in [0.1, 0.15) is 28.8 Å². The lowest BCUT2D eigenvalue weighted by Crippen LogP contribution is -2.39. The SMILES string of the molecule is O=C(Nc1ccc(C(=O)NCCNC(=O)C2CCCO2)cc1)Nc1cccc(C(F)(F)F)c1. The van der Waals surface area contributed by atoms with Crippen molar-refractivity contribution < 1.29 is 32.3 Å². The van der Waals surface area contributed by atoms with Crippen molar-refractivity contribution in [1.29, 1.82) is 0 Å². The summed E-state index contributed by atoms with van der Waals surface area (Å²) in [5, 5.41) is 10.2. The number of alkyl halides is 3. The number of hydrogen-bond donors (Lipinski definition) is 4. The molecule has 33 heavy (non-hydrogen) atoms. The number of nitrogens with one attached hydrogen (secondary N) is 4. The molecule has 4 N–H and O–H groups in total. The topological polar surface area (TPSA) is 109 Å². The fraction of sp³-hybridized carbons (Fsp3) is 0.318. The Morgan fingerprint density at radius 1 is 0.939 bits per heavy atom. The minimum atomic E-state index is -4.51. The number of rotatable bonds is 7. The summed E-state index contributed by atoms with van der Waals surface area (Å²) in [6.07, 6.45) is -3.39. The van der Waals surface area contributed by atoms with E-state index in [2.05, 4.69) is 21.3 Å². The molecule has 0 aliphatic carbocycles. The van der Waals surface area contributed by atoms with Crippen molar-refractivity contribution in [1.82, 2.24) is 10.6 Å². The lowest BCUT2D eigenvalue weighted by molar-refractivity contribution is -0.137. The second-order valence-electron chi connectivity index (χ2n) is 7.28. The molecule has 4 amide bonds. The van der Waals surface area contributed by atoms with E-state index in [0.29, 0.717) is 24.3 Å². The van der Waals surface area contributed by atoms with Gasteiger partial charge in [-0.05, 0) is 55.3 Å². The molecule has 1 fully saturated rings. The number of ether oxygens (including phenoxy) is 1. The smallest absolute Gasteiger partial charge is 0.368 e. The Kier molecular flexibility index (Phi) is 7.88. The van der Waals surface area contributed by atoms with E-state index in [4.69, 9.17) is 4.74 Å². The predicted octanol–water partition coefficient (Wildman–Crippen LogP) is 3.37. The molecule has 1 aliphatic rings. The fourth-order valence-corrected chi connectivity index (χ4v) is 3.13. The van der Waals surface area contributed by atoms with Crippen LogP contribution in [0.2, 0.25) is 0 Å². The minimum absolute atomic E-state index is 0.00934. The van der Waals surface area contributed by atoms with Gasteiger partial charge >= 0.3 is 12.2 Å². The molecule has 1 aliphatic heterocycles. The fourth-order valence-electron chi connectivity index (χ4n) is 3.13. The maximum absolute atomic E-state index is 12.8. The van der Waals surface area contributed by atoms with E-state index >= 15 is 0 Å². The van der Waals surface area contributed by atoms with Gasteiger partial charge in [0.1, 0.15) is 6.10 Å². The average molecular weight is 464 g/mol. The maximum atomic E-state index is 12.8. The quantitative estimate of drug-likeness (QED) is 0.471. The molecular formula is C22H23F3N4O4. The van der Waals surface area contributed by atoms with Crippen molar-refractivity contribution in [2.24, 2.45) is 0 Å². The van der Waals surface area contributed by atoms with Gasteiger partial charge in [0.25, 0.3) is 5.91 Å². The highest BCUT2D eigenvalue weighted by Gasteiger charge is 2.30. The Labute approximate surface area is 187 Å². The molecule has 2 aromatic rings. The van der Waals surface area contributed by atoms with Crippen LogP contribution in [0, 0.1) is 0 Å². The van der Waals surface area contributed by atoms with Gasteiger partial charge in [-0.15, -0.1) is 0 Å². The summed E-state index contributed by atoms with van der Waals surface area (Å²) in [6, 6.07) is 9.49. The number of halogens is 3. The van der Waals surface area contributed by atoms with Crippen LogP contribution in [0.3, 0.4) is 0 Å². The summed E-state index contributed by atoms with van der Waals surface area (Å²) in [5.41, 5.74) is -0.198. The van der Waals surface area contributed by atoms with Gasteiger partial charge in [0.2, 0.25) is 5.91 Å². The van der Waals surface area contributed by atoms with Crippen molar-refractivity contribution >= 4 is 29.2 Å². The van der Waals surface area contributed by atoms with Crippen molar-refractivity contribution in [2.45, 2.75) is 25.1 Å². The van der Waals surface area contributed by atoms with E-state index in [1.165, 1.54) is 36.4 Å². The van der Waals surface area contributed by atoms with E-state index in [1.54, 1.807) is 0 Å². The van der Waals surface area contributed by atoms with Crippen LogP contribution in [0.5, 0.6) is 0 Å². The Morgan fingerprint density at radius 3 is 2.30 bits per heavy atom. The molecule has 1 atom stereocenters. The summed E-state index contributed by atoms with van der Waals surface area (Å²) >= 11 is 0. The number of benzene rings is 2. The van der Waals surface area contributed by atoms with Gasteiger partial charge < -0.3 is 26.0 Å². The van der Waals surface area contributed by atoms with E-state index in [-0.39, 0.29) is 30.6 Å². The number of carbonyl (C=O) groups excluding carboxylic acids is 3. The van der Waals surface area contributed by atoms with Gasteiger partial charge in [0, 0.05) is 36.6 Å². The van der Waals surface area contributed by atoms with Gasteiger partial charge in [-0.25, -0.2) is 4.79 Å². The lowest BCUT2D eigenvalue weighted by atomic mass is 10.2. The van der Waals surface area contributed by atoms with Crippen LogP contribution < -0.4 is 21.3 Å². The second kappa shape index (κ2) is 10.8. The molecule has 1 unspecified atom stereocenters. The highest BCUT2D eigenvalue weighted by Crippen LogP contribution is 2.30. The average Bonchev–Trinajstić information content (AvgIpc) is 3.31. The number of carbonyl (C=O) groups is 3. The van der Waals surface area contributed by atoms with Crippen LogP contribution in [0.15, 0.2) is 48.5 Å². The second-order valence-corrected chi connectivity index (χ2v) is 7.28. The summed E-state index contributed by atoms with van der Waals surface area (Å²) in [4.78, 5) is 36.1. The van der Waals surface area contributed by atoms with Gasteiger partial charge in [-0.3, -0.25) is 9.59 Å². The van der Waals surface area contributed by atoms with Gasteiger partial charge in [-0.1, -0.05) is 6.07 Å². The molecule has 8 nitrogen and oxygen atoms in total. The third kappa shape index (κ3) is 7.21. The molecule has 0 radical (unpaired) electrons. The van der Waals surface area contributed by atoms with Crippen LogP contribution in [0.4, 0.5) is 29.3 Å². The van der Waals surface area contributed by atoms with Crippen molar-refractivity contribution in [3.63, 3.8) is 0 Å². The van der Waals surface area contributed by atoms with Gasteiger partial charge in [0.15, 0.2) is 0 Å². The first kappa shape index (κ1) is 24.1. The first-order chi connectivity index (χ1) is 15.7.